The molecule has 1 aromatic rings. The molecule has 0 radical (unpaired) electrons. The van der Waals surface area contributed by atoms with E-state index in [1.807, 2.05) is 26.8 Å². The topological polar surface area (TPSA) is 61.8 Å². The van der Waals surface area contributed by atoms with Gasteiger partial charge in [-0.1, -0.05) is 23.3 Å². The number of halogens is 3. The van der Waals surface area contributed by atoms with Crippen molar-refractivity contribution in [2.75, 3.05) is 14.2 Å². The second kappa shape index (κ2) is 9.86. The van der Waals surface area contributed by atoms with Crippen molar-refractivity contribution in [3.05, 3.63) is 41.0 Å². The van der Waals surface area contributed by atoms with Crippen molar-refractivity contribution < 1.29 is 35.2 Å². The molecule has 0 aromatic heterocycles. The third-order valence-corrected chi connectivity index (χ3v) is 4.80. The molecule has 0 bridgehead atoms. The van der Waals surface area contributed by atoms with Crippen molar-refractivity contribution in [2.24, 2.45) is 0 Å². The minimum atomic E-state index is -5.79. The van der Waals surface area contributed by atoms with Crippen LogP contribution in [0, 0.1) is 0 Å². The molecule has 9 heteroatoms. The fraction of sp³-hybridized carbons (Fsp3) is 0.474. The lowest BCUT2D eigenvalue weighted by Crippen LogP contribution is -2.28. The monoisotopic (exact) mass is 422 g/mol. The van der Waals surface area contributed by atoms with Gasteiger partial charge in [0.05, 0.1) is 14.2 Å². The van der Waals surface area contributed by atoms with Crippen molar-refractivity contribution in [3.63, 3.8) is 0 Å². The molecule has 0 saturated heterocycles. The lowest BCUT2D eigenvalue weighted by atomic mass is 10.0. The Morgan fingerprint density at radius 3 is 2.00 bits per heavy atom. The Labute approximate surface area is 163 Å². The summed E-state index contributed by atoms with van der Waals surface area (Å²) < 4.78 is 74.6. The first-order valence-corrected chi connectivity index (χ1v) is 9.86. The zero-order valence-corrected chi connectivity index (χ0v) is 17.3. The van der Waals surface area contributed by atoms with Gasteiger partial charge in [0.15, 0.2) is 0 Å². The lowest BCUT2D eigenvalue weighted by Gasteiger charge is -2.16. The molecule has 0 unspecified atom stereocenters. The van der Waals surface area contributed by atoms with Gasteiger partial charge in [-0.25, -0.2) is 0 Å². The van der Waals surface area contributed by atoms with Crippen LogP contribution in [0.3, 0.4) is 0 Å². The molecule has 0 saturated carbocycles. The van der Waals surface area contributed by atoms with Gasteiger partial charge >= 0.3 is 15.6 Å². The van der Waals surface area contributed by atoms with Gasteiger partial charge in [-0.2, -0.15) is 21.6 Å². The standard InChI is InChI=1S/C19H25F3O5S/c1-13(2)7-6-8-14(3)9-10-16-17(25-4)11-15(12-18(16)26-5)27-28(23,24)19(20,21)22/h7,9,11-12H,6,8,10H2,1-5H3/b14-9+. The van der Waals surface area contributed by atoms with Crippen molar-refractivity contribution in [3.8, 4) is 17.2 Å². The van der Waals surface area contributed by atoms with Gasteiger partial charge < -0.3 is 13.7 Å². The maximum Gasteiger partial charge on any atom is 0.534 e. The van der Waals surface area contributed by atoms with E-state index in [4.69, 9.17) is 9.47 Å². The predicted octanol–water partition coefficient (Wildman–Crippen LogP) is 5.17. The van der Waals surface area contributed by atoms with Crippen LogP contribution in [-0.2, 0) is 16.5 Å². The highest BCUT2D eigenvalue weighted by Crippen LogP contribution is 2.37. The van der Waals surface area contributed by atoms with Gasteiger partial charge in [-0.05, 0) is 40.0 Å². The number of benzene rings is 1. The summed E-state index contributed by atoms with van der Waals surface area (Å²) in [5.41, 5.74) is -2.59. The molecule has 0 aliphatic rings. The van der Waals surface area contributed by atoms with Crippen LogP contribution in [0.1, 0.15) is 39.2 Å². The molecule has 0 fully saturated rings. The summed E-state index contributed by atoms with van der Waals surface area (Å²) in [5, 5.41) is 0. The third-order valence-electron chi connectivity index (χ3n) is 3.82. The number of hydrogen-bond donors (Lipinski definition) is 0. The summed E-state index contributed by atoms with van der Waals surface area (Å²) in [5.74, 6) is -0.209. The number of hydrogen-bond acceptors (Lipinski definition) is 5. The van der Waals surface area contributed by atoms with E-state index < -0.39 is 21.4 Å². The van der Waals surface area contributed by atoms with Crippen LogP contribution in [0.25, 0.3) is 0 Å². The molecule has 0 aliphatic heterocycles. The quantitative estimate of drug-likeness (QED) is 0.312. The fourth-order valence-corrected chi connectivity index (χ4v) is 2.79. The second-order valence-corrected chi connectivity index (χ2v) is 7.90. The molecule has 158 valence electrons. The van der Waals surface area contributed by atoms with E-state index in [1.165, 1.54) is 19.8 Å². The Bertz CT molecular complexity index is 811. The van der Waals surface area contributed by atoms with Crippen LogP contribution < -0.4 is 13.7 Å². The molecule has 28 heavy (non-hydrogen) atoms. The zero-order chi connectivity index (χ0) is 21.5. The molecular weight excluding hydrogens is 397 g/mol. The maximum atomic E-state index is 12.5. The van der Waals surface area contributed by atoms with E-state index in [0.717, 1.165) is 30.5 Å². The highest BCUT2D eigenvalue weighted by Gasteiger charge is 2.48. The van der Waals surface area contributed by atoms with Crippen molar-refractivity contribution >= 4 is 10.1 Å². The normalized spacial score (nSPS) is 12.5. The predicted molar refractivity (Wildman–Crippen MR) is 101 cm³/mol. The minimum absolute atomic E-state index is 0.167. The summed E-state index contributed by atoms with van der Waals surface area (Å²) in [6.45, 7) is 6.03. The molecule has 0 spiro atoms. The van der Waals surface area contributed by atoms with Crippen LogP contribution in [0.4, 0.5) is 13.2 Å². The first-order chi connectivity index (χ1) is 12.9. The SMILES string of the molecule is COc1cc(OS(=O)(=O)C(F)(F)F)cc(OC)c1C/C=C(\C)CCC=C(C)C. The Kier molecular flexibility index (Phi) is 8.41. The average molecular weight is 422 g/mol. The summed E-state index contributed by atoms with van der Waals surface area (Å²) >= 11 is 0. The van der Waals surface area contributed by atoms with E-state index in [2.05, 4.69) is 10.3 Å². The number of alkyl halides is 3. The molecule has 1 rings (SSSR count). The second-order valence-electron chi connectivity index (χ2n) is 6.36. The van der Waals surface area contributed by atoms with E-state index in [-0.39, 0.29) is 11.5 Å². The highest BCUT2D eigenvalue weighted by atomic mass is 32.2. The van der Waals surface area contributed by atoms with Crippen LogP contribution in [0.15, 0.2) is 35.4 Å². The molecule has 0 amide bonds. The first-order valence-electron chi connectivity index (χ1n) is 8.46. The molecule has 0 aliphatic carbocycles. The summed E-state index contributed by atoms with van der Waals surface area (Å²) in [7, 11) is -3.13. The largest absolute Gasteiger partial charge is 0.534 e. The smallest absolute Gasteiger partial charge is 0.496 e. The van der Waals surface area contributed by atoms with Crippen LogP contribution in [-0.4, -0.2) is 28.1 Å². The number of rotatable bonds is 9. The average Bonchev–Trinajstić information content (AvgIpc) is 2.58. The summed E-state index contributed by atoms with van der Waals surface area (Å²) in [6.07, 6.45) is 6.26. The van der Waals surface area contributed by atoms with Crippen molar-refractivity contribution in [1.29, 1.82) is 0 Å². The van der Waals surface area contributed by atoms with Gasteiger partial charge in [0.2, 0.25) is 0 Å². The molecule has 0 heterocycles. The van der Waals surface area contributed by atoms with E-state index in [9.17, 15) is 21.6 Å². The Balaban J connectivity index is 3.13. The van der Waals surface area contributed by atoms with Crippen molar-refractivity contribution in [1.82, 2.24) is 0 Å². The van der Waals surface area contributed by atoms with Gasteiger partial charge in [0, 0.05) is 17.7 Å². The highest BCUT2D eigenvalue weighted by molar-refractivity contribution is 7.88. The Morgan fingerprint density at radius 2 is 1.57 bits per heavy atom. The first kappa shape index (κ1) is 23.9. The van der Waals surface area contributed by atoms with Crippen LogP contribution >= 0.6 is 0 Å². The zero-order valence-electron chi connectivity index (χ0n) is 16.5. The summed E-state index contributed by atoms with van der Waals surface area (Å²) in [6, 6.07) is 2.18. The van der Waals surface area contributed by atoms with Gasteiger partial charge in [0.1, 0.15) is 17.2 Å². The number of methoxy groups -OCH3 is 2. The molecular formula is C19H25F3O5S. The van der Waals surface area contributed by atoms with Gasteiger partial charge in [0.25, 0.3) is 0 Å². The molecule has 0 N–H and O–H groups in total. The van der Waals surface area contributed by atoms with E-state index >= 15 is 0 Å². The maximum absolute atomic E-state index is 12.5. The molecule has 1 aromatic carbocycles. The fourth-order valence-electron chi connectivity index (χ4n) is 2.35. The van der Waals surface area contributed by atoms with Crippen molar-refractivity contribution in [2.45, 2.75) is 45.5 Å². The Hall–Kier alpha value is -2.16. The van der Waals surface area contributed by atoms with Crippen LogP contribution in [0.2, 0.25) is 0 Å². The van der Waals surface area contributed by atoms with Gasteiger partial charge in [-0.3, -0.25) is 0 Å². The van der Waals surface area contributed by atoms with E-state index in [0.29, 0.717) is 12.0 Å². The molecule has 5 nitrogen and oxygen atoms in total. The summed E-state index contributed by atoms with van der Waals surface area (Å²) in [4.78, 5) is 0. The van der Waals surface area contributed by atoms with Crippen LogP contribution in [0.5, 0.6) is 17.2 Å². The molecule has 0 atom stereocenters. The lowest BCUT2D eigenvalue weighted by molar-refractivity contribution is -0.0500. The van der Waals surface area contributed by atoms with Gasteiger partial charge in [-0.15, -0.1) is 0 Å². The Morgan fingerprint density at radius 1 is 1.04 bits per heavy atom. The third kappa shape index (κ3) is 6.78. The number of ether oxygens (including phenoxy) is 2. The number of allylic oxidation sites excluding steroid dienone is 4. The van der Waals surface area contributed by atoms with E-state index in [1.54, 1.807) is 0 Å². The minimum Gasteiger partial charge on any atom is -0.496 e.